The standard InChI is InChI=1S/C24H30ClN3O4S/c1-3-28(4-2)33(31,32)22-13-7-18(8-14-22)16-26-23(29)20-6-5-15-27(17-20)24(30)19-9-11-21(25)12-10-19/h7-14,20H,3-6,15-17H2,1-2H3,(H,26,29). The van der Waals surface area contributed by atoms with Crippen LogP contribution in [0.5, 0.6) is 0 Å². The van der Waals surface area contributed by atoms with Crippen molar-refractivity contribution in [3.63, 3.8) is 0 Å². The largest absolute Gasteiger partial charge is 0.352 e. The Balaban J connectivity index is 1.57. The second-order valence-electron chi connectivity index (χ2n) is 8.05. The van der Waals surface area contributed by atoms with Gasteiger partial charge in [0.1, 0.15) is 0 Å². The molecule has 1 heterocycles. The number of nitrogens with one attached hydrogen (secondary N) is 1. The minimum Gasteiger partial charge on any atom is -0.352 e. The van der Waals surface area contributed by atoms with Crippen molar-refractivity contribution in [3.8, 4) is 0 Å². The van der Waals surface area contributed by atoms with Crippen LogP contribution < -0.4 is 5.32 Å². The molecule has 0 saturated carbocycles. The van der Waals surface area contributed by atoms with Gasteiger partial charge in [-0.3, -0.25) is 9.59 Å². The van der Waals surface area contributed by atoms with E-state index in [9.17, 15) is 18.0 Å². The Morgan fingerprint density at radius 2 is 1.70 bits per heavy atom. The lowest BCUT2D eigenvalue weighted by Gasteiger charge is -2.32. The van der Waals surface area contributed by atoms with E-state index in [1.807, 2.05) is 0 Å². The van der Waals surface area contributed by atoms with E-state index in [0.29, 0.717) is 43.3 Å². The van der Waals surface area contributed by atoms with Crippen molar-refractivity contribution in [2.75, 3.05) is 26.2 Å². The van der Waals surface area contributed by atoms with Crippen LogP contribution in [0.25, 0.3) is 0 Å². The van der Waals surface area contributed by atoms with Gasteiger partial charge in [-0.15, -0.1) is 0 Å². The number of amides is 2. The maximum Gasteiger partial charge on any atom is 0.253 e. The number of sulfonamides is 1. The topological polar surface area (TPSA) is 86.8 Å². The predicted molar refractivity (Wildman–Crippen MR) is 128 cm³/mol. The number of nitrogens with zero attached hydrogens (tertiary/aromatic N) is 2. The second-order valence-corrected chi connectivity index (χ2v) is 10.4. The Morgan fingerprint density at radius 1 is 1.06 bits per heavy atom. The molecule has 178 valence electrons. The fraction of sp³-hybridized carbons (Fsp3) is 0.417. The van der Waals surface area contributed by atoms with Crippen LogP contribution in [0.4, 0.5) is 0 Å². The highest BCUT2D eigenvalue weighted by atomic mass is 35.5. The van der Waals surface area contributed by atoms with Crippen molar-refractivity contribution in [2.45, 2.75) is 38.1 Å². The quantitative estimate of drug-likeness (QED) is 0.612. The van der Waals surface area contributed by atoms with Gasteiger partial charge >= 0.3 is 0 Å². The maximum absolute atomic E-state index is 12.8. The van der Waals surface area contributed by atoms with Gasteiger partial charge in [0.25, 0.3) is 5.91 Å². The van der Waals surface area contributed by atoms with Crippen LogP contribution >= 0.6 is 11.6 Å². The lowest BCUT2D eigenvalue weighted by molar-refractivity contribution is -0.126. The number of hydrogen-bond acceptors (Lipinski definition) is 4. The van der Waals surface area contributed by atoms with Crippen molar-refractivity contribution >= 4 is 33.4 Å². The summed E-state index contributed by atoms with van der Waals surface area (Å²) in [6.07, 6.45) is 1.48. The first-order chi connectivity index (χ1) is 15.8. The molecule has 1 unspecified atom stereocenters. The number of rotatable bonds is 8. The smallest absolute Gasteiger partial charge is 0.253 e. The highest BCUT2D eigenvalue weighted by molar-refractivity contribution is 7.89. The average molecular weight is 492 g/mol. The molecule has 1 atom stereocenters. The summed E-state index contributed by atoms with van der Waals surface area (Å²) in [4.78, 5) is 27.5. The molecule has 0 spiro atoms. The van der Waals surface area contributed by atoms with E-state index in [0.717, 1.165) is 18.4 Å². The number of carbonyl (C=O) groups excluding carboxylic acids is 2. The number of hydrogen-bond donors (Lipinski definition) is 1. The molecule has 1 aliphatic heterocycles. The molecule has 1 fully saturated rings. The molecular weight excluding hydrogens is 462 g/mol. The van der Waals surface area contributed by atoms with Gasteiger partial charge in [-0.2, -0.15) is 4.31 Å². The van der Waals surface area contributed by atoms with Crippen molar-refractivity contribution < 1.29 is 18.0 Å². The molecule has 1 N–H and O–H groups in total. The number of piperidine rings is 1. The van der Waals surface area contributed by atoms with Gasteiger partial charge in [0.15, 0.2) is 0 Å². The molecule has 1 aliphatic rings. The van der Waals surface area contributed by atoms with Crippen LogP contribution in [0.15, 0.2) is 53.4 Å². The monoisotopic (exact) mass is 491 g/mol. The van der Waals surface area contributed by atoms with Gasteiger partial charge in [0.2, 0.25) is 15.9 Å². The fourth-order valence-corrected chi connectivity index (χ4v) is 5.56. The first-order valence-corrected chi connectivity index (χ1v) is 13.0. The first-order valence-electron chi connectivity index (χ1n) is 11.2. The molecule has 33 heavy (non-hydrogen) atoms. The number of benzene rings is 2. The summed E-state index contributed by atoms with van der Waals surface area (Å²) in [7, 11) is -3.50. The van der Waals surface area contributed by atoms with Crippen LogP contribution in [0, 0.1) is 5.92 Å². The van der Waals surface area contributed by atoms with Gasteiger partial charge in [0.05, 0.1) is 10.8 Å². The fourth-order valence-electron chi connectivity index (χ4n) is 3.98. The Morgan fingerprint density at radius 3 is 2.30 bits per heavy atom. The minimum absolute atomic E-state index is 0.103. The summed E-state index contributed by atoms with van der Waals surface area (Å²) in [6, 6.07) is 13.3. The molecule has 2 amide bonds. The van der Waals surface area contributed by atoms with Crippen molar-refractivity contribution in [1.29, 1.82) is 0 Å². The van der Waals surface area contributed by atoms with Gasteiger partial charge in [-0.1, -0.05) is 37.6 Å². The summed E-state index contributed by atoms with van der Waals surface area (Å²) in [5, 5.41) is 3.49. The lowest BCUT2D eigenvalue weighted by atomic mass is 9.96. The van der Waals surface area contributed by atoms with E-state index < -0.39 is 10.0 Å². The molecule has 0 radical (unpaired) electrons. The van der Waals surface area contributed by atoms with Crippen LogP contribution in [0.1, 0.15) is 42.6 Å². The highest BCUT2D eigenvalue weighted by Crippen LogP contribution is 2.21. The lowest BCUT2D eigenvalue weighted by Crippen LogP contribution is -2.45. The van der Waals surface area contributed by atoms with E-state index in [-0.39, 0.29) is 22.6 Å². The van der Waals surface area contributed by atoms with Crippen molar-refractivity contribution in [1.82, 2.24) is 14.5 Å². The molecule has 0 aliphatic carbocycles. The van der Waals surface area contributed by atoms with Gasteiger partial charge < -0.3 is 10.2 Å². The Kier molecular flexibility index (Phi) is 8.51. The zero-order valence-electron chi connectivity index (χ0n) is 19.0. The van der Waals surface area contributed by atoms with E-state index in [1.165, 1.54) is 4.31 Å². The van der Waals surface area contributed by atoms with Gasteiger partial charge in [-0.25, -0.2) is 8.42 Å². The zero-order chi connectivity index (χ0) is 24.0. The average Bonchev–Trinajstić information content (AvgIpc) is 2.83. The third-order valence-electron chi connectivity index (χ3n) is 5.90. The van der Waals surface area contributed by atoms with E-state index >= 15 is 0 Å². The van der Waals surface area contributed by atoms with Crippen molar-refractivity contribution in [3.05, 3.63) is 64.7 Å². The van der Waals surface area contributed by atoms with Crippen LogP contribution in [-0.4, -0.2) is 55.6 Å². The van der Waals surface area contributed by atoms with Crippen LogP contribution in [0.2, 0.25) is 5.02 Å². The van der Waals surface area contributed by atoms with E-state index in [2.05, 4.69) is 5.32 Å². The summed E-state index contributed by atoms with van der Waals surface area (Å²) in [5.41, 5.74) is 1.37. The predicted octanol–water partition coefficient (Wildman–Crippen LogP) is 3.54. The SMILES string of the molecule is CCN(CC)S(=O)(=O)c1ccc(CNC(=O)C2CCCN(C(=O)c3ccc(Cl)cc3)C2)cc1. The van der Waals surface area contributed by atoms with Crippen LogP contribution in [-0.2, 0) is 21.4 Å². The number of likely N-dealkylation sites (tertiary alicyclic amines) is 1. The summed E-state index contributed by atoms with van der Waals surface area (Å²) in [5.74, 6) is -0.491. The van der Waals surface area contributed by atoms with Crippen molar-refractivity contribution in [2.24, 2.45) is 5.92 Å². The summed E-state index contributed by atoms with van der Waals surface area (Å²) in [6.45, 7) is 5.72. The molecule has 1 saturated heterocycles. The molecule has 3 rings (SSSR count). The first kappa shape index (κ1) is 25.2. The Labute approximate surface area is 200 Å². The van der Waals surface area contributed by atoms with Crippen LogP contribution in [0.3, 0.4) is 0 Å². The van der Waals surface area contributed by atoms with E-state index in [1.54, 1.807) is 67.3 Å². The molecule has 0 bridgehead atoms. The molecule has 7 nitrogen and oxygen atoms in total. The molecule has 2 aromatic carbocycles. The zero-order valence-corrected chi connectivity index (χ0v) is 20.5. The highest BCUT2D eigenvalue weighted by Gasteiger charge is 2.29. The minimum atomic E-state index is -3.50. The molecular formula is C24H30ClN3O4S. The van der Waals surface area contributed by atoms with E-state index in [4.69, 9.17) is 11.6 Å². The summed E-state index contributed by atoms with van der Waals surface area (Å²) < 4.78 is 26.6. The normalized spacial score (nSPS) is 16.6. The third kappa shape index (κ3) is 6.13. The summed E-state index contributed by atoms with van der Waals surface area (Å²) >= 11 is 5.90. The third-order valence-corrected chi connectivity index (χ3v) is 8.22. The molecule has 9 heteroatoms. The Bertz CT molecular complexity index is 1070. The maximum atomic E-state index is 12.8. The molecule has 2 aromatic rings. The molecule has 0 aromatic heterocycles. The number of carbonyl (C=O) groups is 2. The van der Waals surface area contributed by atoms with Gasteiger partial charge in [-0.05, 0) is 54.8 Å². The second kappa shape index (κ2) is 11.1. The Hall–Kier alpha value is -2.42. The number of halogens is 1. The van der Waals surface area contributed by atoms with Gasteiger partial charge in [0, 0.05) is 43.3 Å².